The molecule has 1 atom stereocenters. The normalized spacial score (nSPS) is 11.9. The lowest BCUT2D eigenvalue weighted by Crippen LogP contribution is -2.24. The summed E-state index contributed by atoms with van der Waals surface area (Å²) < 4.78 is 16.6. The second-order valence-electron chi connectivity index (χ2n) is 8.89. The van der Waals surface area contributed by atoms with E-state index in [-0.39, 0.29) is 17.5 Å². The number of H-pyrrole nitrogens is 1. The summed E-state index contributed by atoms with van der Waals surface area (Å²) in [5.41, 5.74) is 2.71. The van der Waals surface area contributed by atoms with E-state index in [0.717, 1.165) is 16.6 Å². The van der Waals surface area contributed by atoms with Crippen molar-refractivity contribution in [3.8, 4) is 17.2 Å². The van der Waals surface area contributed by atoms with Crippen LogP contribution in [0.2, 0.25) is 0 Å². The highest BCUT2D eigenvalue weighted by molar-refractivity contribution is 5.86. The lowest BCUT2D eigenvalue weighted by molar-refractivity contribution is 0.308. The van der Waals surface area contributed by atoms with Crippen LogP contribution in [0.3, 0.4) is 0 Å². The van der Waals surface area contributed by atoms with Gasteiger partial charge in [-0.3, -0.25) is 20.1 Å². The molecule has 5 rings (SSSR count). The Bertz CT molecular complexity index is 1670. The zero-order chi connectivity index (χ0) is 27.4. The summed E-state index contributed by atoms with van der Waals surface area (Å²) >= 11 is 0. The van der Waals surface area contributed by atoms with Crippen LogP contribution in [-0.4, -0.2) is 52.3 Å². The van der Waals surface area contributed by atoms with E-state index < -0.39 is 0 Å². The summed E-state index contributed by atoms with van der Waals surface area (Å²) in [6.07, 6.45) is 3.59. The zero-order valence-corrected chi connectivity index (χ0v) is 22.1. The molecule has 0 saturated carbocycles. The second kappa shape index (κ2) is 11.3. The molecule has 3 heterocycles. The van der Waals surface area contributed by atoms with Gasteiger partial charge in [-0.2, -0.15) is 0 Å². The van der Waals surface area contributed by atoms with Crippen LogP contribution in [0.4, 0.5) is 11.9 Å². The number of anilines is 2. The molecule has 3 aromatic heterocycles. The molecule has 0 bridgehead atoms. The standard InChI is InChI=1S/C28H29N7O4/c1-16(18-6-5-9-29-15-18)30-10-11-39-19-7-8-22-21(12-19)26(36)34-28(32-22)35-27-31-17(2)20-13-24(37-3)25(38-4)14-23(20)33-27/h5-9,12-16,30H,10-11H2,1-4H3,(H2,31,32,33,34,35,36). The largest absolute Gasteiger partial charge is 0.493 e. The number of aromatic nitrogens is 5. The smallest absolute Gasteiger partial charge is 0.260 e. The maximum absolute atomic E-state index is 12.9. The number of aromatic amines is 1. The first-order valence-electron chi connectivity index (χ1n) is 12.4. The first-order valence-corrected chi connectivity index (χ1v) is 12.4. The van der Waals surface area contributed by atoms with E-state index in [0.29, 0.717) is 52.8 Å². The average Bonchev–Trinajstić information content (AvgIpc) is 2.95. The molecular formula is C28H29N7O4. The fourth-order valence-electron chi connectivity index (χ4n) is 4.23. The number of pyridine rings is 1. The van der Waals surface area contributed by atoms with Crippen LogP contribution in [0.25, 0.3) is 21.8 Å². The molecule has 11 heteroatoms. The van der Waals surface area contributed by atoms with Gasteiger partial charge in [0.1, 0.15) is 12.4 Å². The first kappa shape index (κ1) is 25.9. The molecule has 11 nitrogen and oxygen atoms in total. The Morgan fingerprint density at radius 2 is 1.79 bits per heavy atom. The Hall–Kier alpha value is -4.77. The summed E-state index contributed by atoms with van der Waals surface area (Å²) in [7, 11) is 3.15. The fourth-order valence-corrected chi connectivity index (χ4v) is 4.23. The van der Waals surface area contributed by atoms with Gasteiger partial charge < -0.3 is 19.5 Å². The Kier molecular flexibility index (Phi) is 7.50. The van der Waals surface area contributed by atoms with Gasteiger partial charge >= 0.3 is 0 Å². The summed E-state index contributed by atoms with van der Waals surface area (Å²) in [5, 5.41) is 7.65. The molecule has 39 heavy (non-hydrogen) atoms. The van der Waals surface area contributed by atoms with Crippen molar-refractivity contribution in [3.05, 3.63) is 76.5 Å². The van der Waals surface area contributed by atoms with Gasteiger partial charge in [-0.25, -0.2) is 15.0 Å². The number of methoxy groups -OCH3 is 2. The van der Waals surface area contributed by atoms with Gasteiger partial charge in [-0.1, -0.05) is 6.07 Å². The molecule has 3 N–H and O–H groups in total. The van der Waals surface area contributed by atoms with Crippen LogP contribution >= 0.6 is 0 Å². The van der Waals surface area contributed by atoms with Crippen molar-refractivity contribution >= 4 is 33.7 Å². The van der Waals surface area contributed by atoms with Gasteiger partial charge in [-0.05, 0) is 49.7 Å². The maximum atomic E-state index is 12.9. The third kappa shape index (κ3) is 5.73. The number of fused-ring (bicyclic) bond motifs is 2. The molecule has 0 aliphatic rings. The second-order valence-corrected chi connectivity index (χ2v) is 8.89. The average molecular weight is 528 g/mol. The van der Waals surface area contributed by atoms with E-state index in [1.54, 1.807) is 44.7 Å². The van der Waals surface area contributed by atoms with Gasteiger partial charge in [0.15, 0.2) is 11.5 Å². The van der Waals surface area contributed by atoms with Gasteiger partial charge in [0.2, 0.25) is 11.9 Å². The van der Waals surface area contributed by atoms with Crippen LogP contribution in [-0.2, 0) is 0 Å². The third-order valence-electron chi connectivity index (χ3n) is 6.30. The maximum Gasteiger partial charge on any atom is 0.260 e. The molecule has 0 fully saturated rings. The van der Waals surface area contributed by atoms with Crippen LogP contribution in [0.1, 0.15) is 24.2 Å². The number of ether oxygens (including phenoxy) is 3. The molecule has 2 aromatic carbocycles. The third-order valence-corrected chi connectivity index (χ3v) is 6.30. The van der Waals surface area contributed by atoms with Crippen LogP contribution in [0.15, 0.2) is 59.7 Å². The zero-order valence-electron chi connectivity index (χ0n) is 22.1. The lowest BCUT2D eigenvalue weighted by atomic mass is 10.1. The lowest BCUT2D eigenvalue weighted by Gasteiger charge is -2.14. The molecule has 0 radical (unpaired) electrons. The van der Waals surface area contributed by atoms with Gasteiger partial charge in [0.25, 0.3) is 5.56 Å². The minimum atomic E-state index is -0.305. The Morgan fingerprint density at radius 1 is 0.974 bits per heavy atom. The number of hydrogen-bond acceptors (Lipinski definition) is 10. The minimum Gasteiger partial charge on any atom is -0.493 e. The molecular weight excluding hydrogens is 498 g/mol. The number of nitrogens with zero attached hydrogens (tertiary/aromatic N) is 4. The summed E-state index contributed by atoms with van der Waals surface area (Å²) in [6, 6.07) is 12.9. The Balaban J connectivity index is 1.29. The summed E-state index contributed by atoms with van der Waals surface area (Å²) in [5.74, 6) is 2.26. The summed E-state index contributed by atoms with van der Waals surface area (Å²) in [4.78, 5) is 33.4. The minimum absolute atomic E-state index is 0.150. The molecule has 0 aliphatic carbocycles. The van der Waals surface area contributed by atoms with Crippen molar-refractivity contribution in [2.45, 2.75) is 19.9 Å². The highest BCUT2D eigenvalue weighted by atomic mass is 16.5. The Morgan fingerprint density at radius 3 is 2.56 bits per heavy atom. The first-order chi connectivity index (χ1) is 18.9. The van der Waals surface area contributed by atoms with Crippen molar-refractivity contribution in [3.63, 3.8) is 0 Å². The van der Waals surface area contributed by atoms with Crippen molar-refractivity contribution in [1.29, 1.82) is 0 Å². The van der Waals surface area contributed by atoms with Crippen LogP contribution < -0.4 is 30.4 Å². The SMILES string of the molecule is COc1cc2nc(Nc3nc4ccc(OCCNC(C)c5cccnc5)cc4c(=O)[nH]3)nc(C)c2cc1OC. The molecule has 0 aliphatic heterocycles. The van der Waals surface area contributed by atoms with Gasteiger partial charge in [0, 0.05) is 36.4 Å². The molecule has 200 valence electrons. The van der Waals surface area contributed by atoms with Crippen molar-refractivity contribution in [1.82, 2.24) is 30.2 Å². The number of hydrogen-bond donors (Lipinski definition) is 3. The van der Waals surface area contributed by atoms with Gasteiger partial charge in [-0.15, -0.1) is 0 Å². The van der Waals surface area contributed by atoms with Crippen LogP contribution in [0.5, 0.6) is 17.2 Å². The van der Waals surface area contributed by atoms with E-state index in [9.17, 15) is 4.79 Å². The molecule has 1 unspecified atom stereocenters. The fraction of sp³-hybridized carbons (Fsp3) is 0.250. The van der Waals surface area contributed by atoms with E-state index in [1.165, 1.54) is 0 Å². The molecule has 0 amide bonds. The number of rotatable bonds is 10. The van der Waals surface area contributed by atoms with Crippen molar-refractivity contribution in [2.24, 2.45) is 0 Å². The van der Waals surface area contributed by atoms with Crippen molar-refractivity contribution in [2.75, 3.05) is 32.7 Å². The van der Waals surface area contributed by atoms with Gasteiger partial charge in [0.05, 0.1) is 36.3 Å². The van der Waals surface area contributed by atoms with E-state index >= 15 is 0 Å². The van der Waals surface area contributed by atoms with E-state index in [2.05, 4.69) is 42.5 Å². The highest BCUT2D eigenvalue weighted by Crippen LogP contribution is 2.33. The quantitative estimate of drug-likeness (QED) is 0.228. The predicted molar refractivity (Wildman–Crippen MR) is 149 cm³/mol. The topological polar surface area (TPSA) is 136 Å². The number of nitrogens with one attached hydrogen (secondary N) is 3. The Labute approximate surface area is 224 Å². The highest BCUT2D eigenvalue weighted by Gasteiger charge is 2.13. The van der Waals surface area contributed by atoms with Crippen molar-refractivity contribution < 1.29 is 14.2 Å². The molecule has 0 spiro atoms. The van der Waals surface area contributed by atoms with Crippen LogP contribution in [0, 0.1) is 6.92 Å². The van der Waals surface area contributed by atoms with E-state index in [4.69, 9.17) is 14.2 Å². The summed E-state index contributed by atoms with van der Waals surface area (Å²) in [6.45, 7) is 5.02. The molecule has 5 aromatic rings. The predicted octanol–water partition coefficient (Wildman–Crippen LogP) is 4.06. The number of aryl methyl sites for hydroxylation is 1. The number of benzene rings is 2. The molecule has 0 saturated heterocycles. The monoisotopic (exact) mass is 527 g/mol. The van der Waals surface area contributed by atoms with E-state index in [1.807, 2.05) is 31.3 Å².